The van der Waals surface area contributed by atoms with E-state index in [-0.39, 0.29) is 14.4 Å². The van der Waals surface area contributed by atoms with E-state index in [2.05, 4.69) is 35.6 Å². The molecule has 166 valence electrons. The molecule has 0 bridgehead atoms. The van der Waals surface area contributed by atoms with Crippen molar-refractivity contribution in [3.63, 3.8) is 0 Å². The van der Waals surface area contributed by atoms with Crippen molar-refractivity contribution in [2.24, 2.45) is 0 Å². The summed E-state index contributed by atoms with van der Waals surface area (Å²) in [4.78, 5) is 13.0. The summed E-state index contributed by atoms with van der Waals surface area (Å²) < 4.78 is 44.0. The Balaban J connectivity index is 1.92. The van der Waals surface area contributed by atoms with Crippen LogP contribution in [0, 0.1) is 5.82 Å². The molecule has 0 spiro atoms. The second-order valence-corrected chi connectivity index (χ2v) is 11.0. The van der Waals surface area contributed by atoms with Crippen LogP contribution in [-0.4, -0.2) is 33.5 Å². The van der Waals surface area contributed by atoms with Crippen LogP contribution < -0.4 is 4.72 Å². The van der Waals surface area contributed by atoms with E-state index in [4.69, 9.17) is 11.6 Å². The van der Waals surface area contributed by atoms with Gasteiger partial charge in [-0.1, -0.05) is 11.6 Å². The molecule has 0 fully saturated rings. The summed E-state index contributed by atoms with van der Waals surface area (Å²) in [5.74, 6) is -0.162. The lowest BCUT2D eigenvalue weighted by Crippen LogP contribution is -2.40. The predicted molar refractivity (Wildman–Crippen MR) is 125 cm³/mol. The quantitative estimate of drug-likeness (QED) is 0.390. The third kappa shape index (κ3) is 4.27. The molecule has 0 atom stereocenters. The zero-order chi connectivity index (χ0) is 23.3. The molecule has 7 nitrogen and oxygen atoms in total. The maximum Gasteiger partial charge on any atom is 0.242 e. The fraction of sp³-hybridized carbons (Fsp3) is 0.190. The summed E-state index contributed by atoms with van der Waals surface area (Å²) in [5.41, 5.74) is 0.718. The number of aromatic nitrogens is 4. The largest absolute Gasteiger partial charge is 0.275 e. The highest BCUT2D eigenvalue weighted by Gasteiger charge is 2.25. The molecule has 3 aromatic heterocycles. The second-order valence-electron chi connectivity index (χ2n) is 8.06. The lowest BCUT2D eigenvalue weighted by molar-refractivity contribution is 0.491. The smallest absolute Gasteiger partial charge is 0.242 e. The predicted octanol–water partition coefficient (Wildman–Crippen LogP) is 5.11. The summed E-state index contributed by atoms with van der Waals surface area (Å²) in [6.07, 6.45) is 4.40. The van der Waals surface area contributed by atoms with Crippen LogP contribution in [0.3, 0.4) is 0 Å². The highest BCUT2D eigenvalue weighted by atomic mass is 79.9. The van der Waals surface area contributed by atoms with Gasteiger partial charge in [0.1, 0.15) is 10.7 Å². The van der Waals surface area contributed by atoms with E-state index in [1.54, 1.807) is 55.9 Å². The summed E-state index contributed by atoms with van der Waals surface area (Å²) in [6.45, 7) is 5.26. The molecule has 0 aliphatic rings. The van der Waals surface area contributed by atoms with Gasteiger partial charge in [-0.05, 0) is 67.0 Å². The van der Waals surface area contributed by atoms with E-state index in [1.807, 2.05) is 0 Å². The first-order valence-electron chi connectivity index (χ1n) is 9.45. The van der Waals surface area contributed by atoms with Gasteiger partial charge in [-0.3, -0.25) is 9.55 Å². The molecular formula is C21H18BrClFN5O2S. The number of benzene rings is 1. The van der Waals surface area contributed by atoms with E-state index in [0.29, 0.717) is 28.2 Å². The fourth-order valence-electron chi connectivity index (χ4n) is 3.23. The minimum absolute atomic E-state index is 0.0136. The van der Waals surface area contributed by atoms with Gasteiger partial charge >= 0.3 is 0 Å². The number of nitrogens with zero attached hydrogens (tertiary/aromatic N) is 4. The van der Waals surface area contributed by atoms with Gasteiger partial charge in [0, 0.05) is 29.5 Å². The van der Waals surface area contributed by atoms with E-state index in [1.165, 1.54) is 18.3 Å². The van der Waals surface area contributed by atoms with Crippen LogP contribution in [0.15, 0.2) is 58.3 Å². The monoisotopic (exact) mass is 537 g/mol. The van der Waals surface area contributed by atoms with Crippen molar-refractivity contribution < 1.29 is 12.8 Å². The van der Waals surface area contributed by atoms with Crippen LogP contribution in [-0.2, 0) is 10.0 Å². The summed E-state index contributed by atoms with van der Waals surface area (Å²) >= 11 is 9.87. The summed E-state index contributed by atoms with van der Waals surface area (Å²) in [5, 5.41) is 0.692. The Bertz CT molecular complexity index is 1420. The Morgan fingerprint density at radius 2 is 1.81 bits per heavy atom. The molecule has 0 saturated carbocycles. The Kier molecular flexibility index (Phi) is 5.83. The van der Waals surface area contributed by atoms with Gasteiger partial charge < -0.3 is 0 Å². The third-order valence-corrected chi connectivity index (χ3v) is 7.16. The Hall–Kier alpha value is -2.40. The molecule has 4 aromatic rings. The number of sulfonamides is 1. The Morgan fingerprint density at radius 1 is 1.12 bits per heavy atom. The molecule has 3 heterocycles. The summed E-state index contributed by atoms with van der Waals surface area (Å²) in [7, 11) is -3.76. The SMILES string of the molecule is CC(C)(C)NS(=O)(=O)c1ccc(-c2c(Cl)c3cc(F)c(Br)cc3n2-c2ncccn2)nc1. The van der Waals surface area contributed by atoms with E-state index in [0.717, 1.165) is 0 Å². The minimum atomic E-state index is -3.76. The molecule has 0 saturated heterocycles. The van der Waals surface area contributed by atoms with Gasteiger partial charge in [-0.15, -0.1) is 0 Å². The average Bonchev–Trinajstić information content (AvgIpc) is 2.99. The first-order chi connectivity index (χ1) is 15.0. The molecule has 32 heavy (non-hydrogen) atoms. The van der Waals surface area contributed by atoms with Crippen LogP contribution >= 0.6 is 27.5 Å². The third-order valence-electron chi connectivity index (χ3n) is 4.43. The number of hydrogen-bond acceptors (Lipinski definition) is 5. The molecule has 0 amide bonds. The molecular weight excluding hydrogens is 521 g/mol. The zero-order valence-corrected chi connectivity index (χ0v) is 20.4. The Labute approximate surface area is 197 Å². The van der Waals surface area contributed by atoms with Gasteiger partial charge in [0.15, 0.2) is 0 Å². The molecule has 0 radical (unpaired) electrons. The topological polar surface area (TPSA) is 89.8 Å². The van der Waals surface area contributed by atoms with Crippen molar-refractivity contribution in [2.75, 3.05) is 0 Å². The van der Waals surface area contributed by atoms with E-state index < -0.39 is 21.4 Å². The first kappa shape index (κ1) is 22.8. The maximum atomic E-state index is 14.3. The molecule has 11 heteroatoms. The van der Waals surface area contributed by atoms with Crippen molar-refractivity contribution in [3.05, 3.63) is 64.2 Å². The first-order valence-corrected chi connectivity index (χ1v) is 12.1. The van der Waals surface area contributed by atoms with Crippen molar-refractivity contribution in [2.45, 2.75) is 31.2 Å². The molecule has 1 N–H and O–H groups in total. The Morgan fingerprint density at radius 3 is 2.41 bits per heavy atom. The van der Waals surface area contributed by atoms with Crippen molar-refractivity contribution in [1.29, 1.82) is 0 Å². The van der Waals surface area contributed by atoms with Crippen molar-refractivity contribution in [1.82, 2.24) is 24.2 Å². The lowest BCUT2D eigenvalue weighted by atomic mass is 10.1. The molecule has 4 rings (SSSR count). The fourth-order valence-corrected chi connectivity index (χ4v) is 5.25. The number of rotatable bonds is 4. The molecule has 1 aromatic carbocycles. The van der Waals surface area contributed by atoms with Gasteiger partial charge in [0.2, 0.25) is 16.0 Å². The minimum Gasteiger partial charge on any atom is -0.275 e. The van der Waals surface area contributed by atoms with Crippen LogP contribution in [0.4, 0.5) is 4.39 Å². The maximum absolute atomic E-state index is 14.3. The molecule has 0 aliphatic carbocycles. The standard InChI is InChI=1S/C21H18BrClFN5O2S/c1-21(2,3)28-32(30,31)12-5-6-16(27-11-12)19-18(23)13-9-15(24)14(22)10-17(13)29(19)20-25-7-4-8-26-20/h4-11,28H,1-3H3. The van der Waals surface area contributed by atoms with Crippen LogP contribution in [0.25, 0.3) is 28.2 Å². The highest BCUT2D eigenvalue weighted by Crippen LogP contribution is 2.40. The number of nitrogens with one attached hydrogen (secondary N) is 1. The van der Waals surface area contributed by atoms with Gasteiger partial charge in [-0.2, -0.15) is 0 Å². The number of fused-ring (bicyclic) bond motifs is 1. The summed E-state index contributed by atoms with van der Waals surface area (Å²) in [6, 6.07) is 7.56. The van der Waals surface area contributed by atoms with E-state index >= 15 is 0 Å². The van der Waals surface area contributed by atoms with Gasteiger partial charge in [0.05, 0.1) is 26.4 Å². The zero-order valence-electron chi connectivity index (χ0n) is 17.3. The number of halogens is 3. The van der Waals surface area contributed by atoms with Crippen molar-refractivity contribution >= 4 is 48.5 Å². The van der Waals surface area contributed by atoms with Crippen LogP contribution in [0.2, 0.25) is 5.02 Å². The van der Waals surface area contributed by atoms with Gasteiger partial charge in [-0.25, -0.2) is 27.5 Å². The average molecular weight is 539 g/mol. The van der Waals surface area contributed by atoms with Crippen LogP contribution in [0.1, 0.15) is 20.8 Å². The lowest BCUT2D eigenvalue weighted by Gasteiger charge is -2.20. The highest BCUT2D eigenvalue weighted by molar-refractivity contribution is 9.10. The normalized spacial score (nSPS) is 12.4. The molecule has 0 unspecified atom stereocenters. The van der Waals surface area contributed by atoms with Crippen molar-refractivity contribution in [3.8, 4) is 17.3 Å². The number of pyridine rings is 1. The number of hydrogen-bond donors (Lipinski definition) is 1. The van der Waals surface area contributed by atoms with Gasteiger partial charge in [0.25, 0.3) is 0 Å². The van der Waals surface area contributed by atoms with E-state index in [9.17, 15) is 12.8 Å². The van der Waals surface area contributed by atoms with Crippen LogP contribution in [0.5, 0.6) is 0 Å². The second kappa shape index (κ2) is 8.18. The molecule has 0 aliphatic heterocycles.